The Hall–Kier alpha value is -3.48. The molecule has 0 radical (unpaired) electrons. The molecule has 0 N–H and O–H groups in total. The predicted molar refractivity (Wildman–Crippen MR) is 103 cm³/mol. The number of ether oxygens (including phenoxy) is 5. The second kappa shape index (κ2) is 6.92. The van der Waals surface area contributed by atoms with Crippen LogP contribution in [0.3, 0.4) is 0 Å². The Balaban J connectivity index is 2.08. The second-order valence-electron chi connectivity index (χ2n) is 6.18. The number of fused-ring (bicyclic) bond motifs is 2. The van der Waals surface area contributed by atoms with Gasteiger partial charge < -0.3 is 23.7 Å². The van der Waals surface area contributed by atoms with E-state index in [1.165, 1.54) is 0 Å². The third-order valence-electron chi connectivity index (χ3n) is 4.78. The number of carbonyl (C=O) groups is 1. The minimum absolute atomic E-state index is 0.138. The molecule has 0 saturated heterocycles. The highest BCUT2D eigenvalue weighted by molar-refractivity contribution is 6.09. The first-order valence-corrected chi connectivity index (χ1v) is 8.59. The van der Waals surface area contributed by atoms with Crippen LogP contribution in [0.5, 0.6) is 23.0 Å². The van der Waals surface area contributed by atoms with Gasteiger partial charge in [0.25, 0.3) is 0 Å². The number of cyclic esters (lactones) is 1. The van der Waals surface area contributed by atoms with E-state index in [0.717, 1.165) is 10.9 Å². The van der Waals surface area contributed by atoms with Crippen LogP contribution in [0.25, 0.3) is 22.0 Å². The summed E-state index contributed by atoms with van der Waals surface area (Å²) in [5.74, 6) is 1.87. The van der Waals surface area contributed by atoms with Crippen LogP contribution in [0.15, 0.2) is 30.3 Å². The fourth-order valence-electron chi connectivity index (χ4n) is 3.46. The third kappa shape index (κ3) is 2.67. The molecular formula is C21H19NO6. The molecule has 2 aromatic carbocycles. The number of hydrogen-bond donors (Lipinski definition) is 0. The molecule has 28 heavy (non-hydrogen) atoms. The minimum atomic E-state index is -0.399. The van der Waals surface area contributed by atoms with Gasteiger partial charge in [-0.25, -0.2) is 9.78 Å². The molecule has 0 aliphatic carbocycles. The number of carbonyl (C=O) groups excluding carboxylic acids is 1. The topological polar surface area (TPSA) is 76.1 Å². The van der Waals surface area contributed by atoms with Crippen molar-refractivity contribution >= 4 is 16.9 Å². The standard InChI is InChI=1S/C21H19NO6/c1-24-15-6-5-11(7-16(15)25-2)19-12-8-17(26-3)18(27-4)9-13(12)22-14-10-28-21(23)20(14)19/h5-9H,10H2,1-4H3. The summed E-state index contributed by atoms with van der Waals surface area (Å²) >= 11 is 0. The summed E-state index contributed by atoms with van der Waals surface area (Å²) in [6, 6.07) is 9.11. The fourth-order valence-corrected chi connectivity index (χ4v) is 3.46. The molecule has 0 spiro atoms. The van der Waals surface area contributed by atoms with Crippen LogP contribution in [0.2, 0.25) is 0 Å². The number of aromatic nitrogens is 1. The van der Waals surface area contributed by atoms with Crippen LogP contribution in [-0.4, -0.2) is 39.4 Å². The van der Waals surface area contributed by atoms with Crippen LogP contribution in [0, 0.1) is 0 Å². The second-order valence-corrected chi connectivity index (χ2v) is 6.18. The molecular weight excluding hydrogens is 362 g/mol. The summed E-state index contributed by atoms with van der Waals surface area (Å²) in [7, 11) is 6.28. The van der Waals surface area contributed by atoms with Gasteiger partial charge in [0.1, 0.15) is 6.61 Å². The number of nitrogens with zero attached hydrogens (tertiary/aromatic N) is 1. The molecule has 7 nitrogen and oxygen atoms in total. The first kappa shape index (κ1) is 17.9. The van der Waals surface area contributed by atoms with Gasteiger partial charge in [-0.1, -0.05) is 6.07 Å². The summed E-state index contributed by atoms with van der Waals surface area (Å²) in [5, 5.41) is 0.752. The normalized spacial score (nSPS) is 12.5. The van der Waals surface area contributed by atoms with Gasteiger partial charge in [0.2, 0.25) is 0 Å². The zero-order chi connectivity index (χ0) is 19.8. The number of pyridine rings is 1. The summed E-state index contributed by atoms with van der Waals surface area (Å²) in [6.45, 7) is 0.138. The Morgan fingerprint density at radius 3 is 2.14 bits per heavy atom. The van der Waals surface area contributed by atoms with Crippen LogP contribution in [-0.2, 0) is 11.3 Å². The fraction of sp³-hybridized carbons (Fsp3) is 0.238. The SMILES string of the molecule is COc1ccc(-c2c3c(nc4cc(OC)c(OC)cc24)COC3=O)cc1OC. The molecule has 4 rings (SSSR count). The summed E-state index contributed by atoms with van der Waals surface area (Å²) in [6.07, 6.45) is 0. The Bertz CT molecular complexity index is 1090. The maximum Gasteiger partial charge on any atom is 0.341 e. The lowest BCUT2D eigenvalue weighted by Gasteiger charge is -2.15. The molecule has 7 heteroatoms. The lowest BCUT2D eigenvalue weighted by atomic mass is 9.94. The van der Waals surface area contributed by atoms with Crippen molar-refractivity contribution in [2.24, 2.45) is 0 Å². The molecule has 1 aliphatic heterocycles. The van der Waals surface area contributed by atoms with Gasteiger partial charge in [0.15, 0.2) is 23.0 Å². The predicted octanol–water partition coefficient (Wildman–Crippen LogP) is 3.61. The van der Waals surface area contributed by atoms with E-state index >= 15 is 0 Å². The molecule has 0 atom stereocenters. The molecule has 144 valence electrons. The van der Waals surface area contributed by atoms with Crippen molar-refractivity contribution in [2.75, 3.05) is 28.4 Å². The van der Waals surface area contributed by atoms with E-state index in [0.29, 0.717) is 45.3 Å². The maximum absolute atomic E-state index is 12.5. The van der Waals surface area contributed by atoms with E-state index in [9.17, 15) is 4.79 Å². The average Bonchev–Trinajstić information content (AvgIpc) is 3.10. The van der Waals surface area contributed by atoms with Crippen LogP contribution >= 0.6 is 0 Å². The van der Waals surface area contributed by atoms with Crippen molar-refractivity contribution < 1.29 is 28.5 Å². The van der Waals surface area contributed by atoms with Gasteiger partial charge in [-0.3, -0.25) is 0 Å². The van der Waals surface area contributed by atoms with Gasteiger partial charge in [0.05, 0.1) is 45.2 Å². The van der Waals surface area contributed by atoms with Crippen molar-refractivity contribution in [1.82, 2.24) is 4.98 Å². The smallest absolute Gasteiger partial charge is 0.341 e. The summed E-state index contributed by atoms with van der Waals surface area (Å²) in [4.78, 5) is 17.1. The Morgan fingerprint density at radius 1 is 0.821 bits per heavy atom. The number of esters is 1. The van der Waals surface area contributed by atoms with Gasteiger partial charge >= 0.3 is 5.97 Å². The van der Waals surface area contributed by atoms with Crippen molar-refractivity contribution in [3.05, 3.63) is 41.6 Å². The molecule has 0 fully saturated rings. The largest absolute Gasteiger partial charge is 0.493 e. The molecule has 1 aromatic heterocycles. The Kier molecular flexibility index (Phi) is 4.43. The third-order valence-corrected chi connectivity index (χ3v) is 4.78. The molecule has 2 heterocycles. The van der Waals surface area contributed by atoms with Crippen LogP contribution in [0.1, 0.15) is 16.1 Å². The molecule has 3 aromatic rings. The summed E-state index contributed by atoms with van der Waals surface area (Å²) in [5.41, 5.74) is 3.22. The van der Waals surface area contributed by atoms with E-state index in [4.69, 9.17) is 23.7 Å². The highest BCUT2D eigenvalue weighted by Crippen LogP contribution is 2.42. The minimum Gasteiger partial charge on any atom is -0.493 e. The van der Waals surface area contributed by atoms with E-state index in [-0.39, 0.29) is 6.61 Å². The maximum atomic E-state index is 12.5. The number of benzene rings is 2. The Morgan fingerprint density at radius 2 is 1.46 bits per heavy atom. The Labute approximate surface area is 161 Å². The first-order valence-electron chi connectivity index (χ1n) is 8.59. The van der Waals surface area contributed by atoms with Crippen molar-refractivity contribution in [2.45, 2.75) is 6.61 Å². The van der Waals surface area contributed by atoms with Crippen LogP contribution in [0.4, 0.5) is 0 Å². The van der Waals surface area contributed by atoms with Gasteiger partial charge in [0, 0.05) is 17.0 Å². The zero-order valence-corrected chi connectivity index (χ0v) is 16.0. The van der Waals surface area contributed by atoms with Crippen molar-refractivity contribution in [3.63, 3.8) is 0 Å². The number of rotatable bonds is 5. The van der Waals surface area contributed by atoms with E-state index in [1.54, 1.807) is 40.6 Å². The highest BCUT2D eigenvalue weighted by atomic mass is 16.5. The van der Waals surface area contributed by atoms with Crippen LogP contribution < -0.4 is 18.9 Å². The molecule has 1 aliphatic rings. The van der Waals surface area contributed by atoms with E-state index in [2.05, 4.69) is 4.98 Å². The van der Waals surface area contributed by atoms with Gasteiger partial charge in [-0.2, -0.15) is 0 Å². The van der Waals surface area contributed by atoms with Crippen molar-refractivity contribution in [3.8, 4) is 34.1 Å². The summed E-state index contributed by atoms with van der Waals surface area (Å²) < 4.78 is 26.9. The lowest BCUT2D eigenvalue weighted by Crippen LogP contribution is -2.02. The molecule has 0 amide bonds. The van der Waals surface area contributed by atoms with E-state index < -0.39 is 5.97 Å². The highest BCUT2D eigenvalue weighted by Gasteiger charge is 2.30. The number of hydrogen-bond acceptors (Lipinski definition) is 7. The lowest BCUT2D eigenvalue weighted by molar-refractivity contribution is 0.0534. The molecule has 0 unspecified atom stereocenters. The molecule has 0 saturated carbocycles. The first-order chi connectivity index (χ1) is 13.6. The zero-order valence-electron chi connectivity index (χ0n) is 16.0. The van der Waals surface area contributed by atoms with Gasteiger partial charge in [-0.05, 0) is 23.8 Å². The number of methoxy groups -OCH3 is 4. The average molecular weight is 381 g/mol. The molecule has 0 bridgehead atoms. The van der Waals surface area contributed by atoms with Gasteiger partial charge in [-0.15, -0.1) is 0 Å². The van der Waals surface area contributed by atoms with Crippen molar-refractivity contribution in [1.29, 1.82) is 0 Å². The monoisotopic (exact) mass is 381 g/mol. The quantitative estimate of drug-likeness (QED) is 0.625. The van der Waals surface area contributed by atoms with E-state index in [1.807, 2.05) is 18.2 Å².